The van der Waals surface area contributed by atoms with Crippen LogP contribution in [0.25, 0.3) is 0 Å². The van der Waals surface area contributed by atoms with Crippen molar-refractivity contribution in [3.63, 3.8) is 0 Å². The summed E-state index contributed by atoms with van der Waals surface area (Å²) in [5.74, 6) is 1.09. The van der Waals surface area contributed by atoms with E-state index in [1.165, 1.54) is 0 Å². The first-order valence-electron chi connectivity index (χ1n) is 4.90. The highest BCUT2D eigenvalue weighted by Gasteiger charge is 2.09. The number of nitrogens with zero attached hydrogens (tertiary/aromatic N) is 1. The molecule has 1 aromatic rings. The second kappa shape index (κ2) is 6.01. The van der Waals surface area contributed by atoms with Crippen LogP contribution in [0.15, 0.2) is 18.2 Å². The van der Waals surface area contributed by atoms with Crippen molar-refractivity contribution in [1.29, 1.82) is 5.41 Å². The van der Waals surface area contributed by atoms with Gasteiger partial charge in [0, 0.05) is 35.6 Å². The number of nitrogens with one attached hydrogen (secondary N) is 1. The van der Waals surface area contributed by atoms with E-state index in [0.29, 0.717) is 10.6 Å². The van der Waals surface area contributed by atoms with Gasteiger partial charge in [0.1, 0.15) is 5.84 Å². The minimum Gasteiger partial charge on any atom is -0.384 e. The van der Waals surface area contributed by atoms with Crippen LogP contribution in [0.3, 0.4) is 0 Å². The van der Waals surface area contributed by atoms with E-state index in [2.05, 4.69) is 11.2 Å². The summed E-state index contributed by atoms with van der Waals surface area (Å²) in [6, 6.07) is 5.45. The van der Waals surface area contributed by atoms with E-state index in [9.17, 15) is 0 Å². The number of amidine groups is 1. The normalized spacial score (nSPS) is 10.2. The first-order valence-corrected chi connectivity index (χ1v) is 6.67. The van der Waals surface area contributed by atoms with Gasteiger partial charge in [-0.05, 0) is 24.5 Å². The predicted octanol–water partition coefficient (Wildman–Crippen LogP) is 2.42. The maximum absolute atomic E-state index is 7.53. The number of halogens is 1. The Morgan fingerprint density at radius 1 is 1.56 bits per heavy atom. The molecule has 0 aliphatic rings. The van der Waals surface area contributed by atoms with Gasteiger partial charge in [0.15, 0.2) is 0 Å². The molecule has 0 saturated heterocycles. The number of hydrogen-bond donors (Lipinski definition) is 2. The van der Waals surface area contributed by atoms with Crippen molar-refractivity contribution >= 4 is 34.9 Å². The molecule has 0 radical (unpaired) electrons. The van der Waals surface area contributed by atoms with Gasteiger partial charge >= 0.3 is 0 Å². The van der Waals surface area contributed by atoms with E-state index in [1.807, 2.05) is 19.2 Å². The molecule has 16 heavy (non-hydrogen) atoms. The lowest BCUT2D eigenvalue weighted by Crippen LogP contribution is -2.24. The number of rotatable bonds is 5. The van der Waals surface area contributed by atoms with Crippen LogP contribution < -0.4 is 10.6 Å². The SMILES string of the molecule is CSCCN(C)c1ccc(Cl)cc1C(=N)N. The molecule has 0 spiro atoms. The highest BCUT2D eigenvalue weighted by molar-refractivity contribution is 7.98. The highest BCUT2D eigenvalue weighted by atomic mass is 35.5. The Labute approximate surface area is 105 Å². The minimum absolute atomic E-state index is 0.0495. The Hall–Kier alpha value is -0.870. The van der Waals surface area contributed by atoms with Crippen molar-refractivity contribution in [2.24, 2.45) is 5.73 Å². The fourth-order valence-corrected chi connectivity index (χ4v) is 2.03. The van der Waals surface area contributed by atoms with E-state index in [4.69, 9.17) is 22.7 Å². The van der Waals surface area contributed by atoms with Crippen molar-refractivity contribution in [2.75, 3.05) is 30.5 Å². The zero-order valence-electron chi connectivity index (χ0n) is 9.46. The van der Waals surface area contributed by atoms with Crippen LogP contribution in [-0.4, -0.2) is 31.4 Å². The molecule has 0 heterocycles. The molecule has 0 atom stereocenters. The van der Waals surface area contributed by atoms with Crippen LogP contribution in [0, 0.1) is 5.41 Å². The van der Waals surface area contributed by atoms with Crippen LogP contribution in [0.5, 0.6) is 0 Å². The first-order chi connectivity index (χ1) is 7.56. The highest BCUT2D eigenvalue weighted by Crippen LogP contribution is 2.23. The molecule has 0 saturated carbocycles. The molecule has 0 fully saturated rings. The fourth-order valence-electron chi connectivity index (χ4n) is 1.41. The number of nitrogen functional groups attached to an aromatic ring is 1. The van der Waals surface area contributed by atoms with E-state index in [1.54, 1.807) is 17.8 Å². The molecule has 0 unspecified atom stereocenters. The molecular weight excluding hydrogens is 242 g/mol. The summed E-state index contributed by atoms with van der Waals surface area (Å²) >= 11 is 7.68. The van der Waals surface area contributed by atoms with Crippen molar-refractivity contribution in [3.8, 4) is 0 Å². The lowest BCUT2D eigenvalue weighted by Gasteiger charge is -2.21. The van der Waals surface area contributed by atoms with Crippen LogP contribution >= 0.6 is 23.4 Å². The topological polar surface area (TPSA) is 53.1 Å². The van der Waals surface area contributed by atoms with Gasteiger partial charge in [-0.1, -0.05) is 11.6 Å². The Balaban J connectivity index is 2.98. The van der Waals surface area contributed by atoms with Crippen LogP contribution in [0.4, 0.5) is 5.69 Å². The molecule has 3 N–H and O–H groups in total. The molecule has 0 bridgehead atoms. The van der Waals surface area contributed by atoms with E-state index in [-0.39, 0.29) is 5.84 Å². The van der Waals surface area contributed by atoms with Crippen molar-refractivity contribution < 1.29 is 0 Å². The Morgan fingerprint density at radius 2 is 2.25 bits per heavy atom. The molecular formula is C11H16ClN3S. The minimum atomic E-state index is 0.0495. The summed E-state index contributed by atoms with van der Waals surface area (Å²) in [4.78, 5) is 2.09. The largest absolute Gasteiger partial charge is 0.384 e. The average Bonchev–Trinajstić information content (AvgIpc) is 2.25. The third-order valence-corrected chi connectivity index (χ3v) is 3.12. The summed E-state index contributed by atoms with van der Waals surface area (Å²) in [6.45, 7) is 0.920. The van der Waals surface area contributed by atoms with Gasteiger partial charge in [-0.2, -0.15) is 11.8 Å². The van der Waals surface area contributed by atoms with Crippen molar-refractivity contribution in [3.05, 3.63) is 28.8 Å². The molecule has 0 aromatic heterocycles. The van der Waals surface area contributed by atoms with E-state index >= 15 is 0 Å². The van der Waals surface area contributed by atoms with Crippen LogP contribution in [-0.2, 0) is 0 Å². The zero-order chi connectivity index (χ0) is 12.1. The maximum atomic E-state index is 7.53. The van der Waals surface area contributed by atoms with E-state index in [0.717, 1.165) is 18.0 Å². The fraction of sp³-hybridized carbons (Fsp3) is 0.364. The van der Waals surface area contributed by atoms with Crippen molar-refractivity contribution in [2.45, 2.75) is 0 Å². The zero-order valence-corrected chi connectivity index (χ0v) is 11.0. The van der Waals surface area contributed by atoms with Gasteiger partial charge in [0.2, 0.25) is 0 Å². The van der Waals surface area contributed by atoms with Gasteiger partial charge < -0.3 is 10.6 Å². The summed E-state index contributed by atoms with van der Waals surface area (Å²) in [6.07, 6.45) is 2.07. The van der Waals surface area contributed by atoms with Crippen LogP contribution in [0.1, 0.15) is 5.56 Å². The van der Waals surface area contributed by atoms with Gasteiger partial charge in [-0.15, -0.1) is 0 Å². The molecule has 88 valence electrons. The van der Waals surface area contributed by atoms with Crippen molar-refractivity contribution in [1.82, 2.24) is 0 Å². The molecule has 0 aliphatic carbocycles. The first kappa shape index (κ1) is 13.2. The van der Waals surface area contributed by atoms with E-state index < -0.39 is 0 Å². The number of hydrogen-bond acceptors (Lipinski definition) is 3. The average molecular weight is 258 g/mol. The molecule has 1 rings (SSSR count). The third kappa shape index (κ3) is 3.32. The second-order valence-electron chi connectivity index (χ2n) is 3.49. The molecule has 0 amide bonds. The van der Waals surface area contributed by atoms with Gasteiger partial charge in [-0.3, -0.25) is 5.41 Å². The van der Waals surface area contributed by atoms with Gasteiger partial charge in [0.25, 0.3) is 0 Å². The lowest BCUT2D eigenvalue weighted by molar-refractivity contribution is 0.976. The van der Waals surface area contributed by atoms with Gasteiger partial charge in [-0.25, -0.2) is 0 Å². The second-order valence-corrected chi connectivity index (χ2v) is 4.91. The number of anilines is 1. The lowest BCUT2D eigenvalue weighted by atomic mass is 10.1. The number of nitrogens with two attached hydrogens (primary N) is 1. The molecule has 5 heteroatoms. The summed E-state index contributed by atoms with van der Waals surface area (Å²) in [5.41, 5.74) is 7.18. The molecule has 3 nitrogen and oxygen atoms in total. The van der Waals surface area contributed by atoms with Gasteiger partial charge in [0.05, 0.1) is 0 Å². The summed E-state index contributed by atoms with van der Waals surface area (Å²) < 4.78 is 0. The number of thioether (sulfide) groups is 1. The standard InChI is InChI=1S/C11H16ClN3S/c1-15(5-6-16-2)10-4-3-8(12)7-9(10)11(13)14/h3-4,7H,5-6H2,1-2H3,(H3,13,14). The third-order valence-electron chi connectivity index (χ3n) is 2.29. The summed E-state index contributed by atoms with van der Waals surface area (Å²) in [7, 11) is 1.99. The number of benzene rings is 1. The Kier molecular flexibility index (Phi) is 4.96. The Bertz CT molecular complexity index is 381. The monoisotopic (exact) mass is 257 g/mol. The maximum Gasteiger partial charge on any atom is 0.124 e. The quantitative estimate of drug-likeness (QED) is 0.629. The predicted molar refractivity (Wildman–Crippen MR) is 74.1 cm³/mol. The Morgan fingerprint density at radius 3 is 2.81 bits per heavy atom. The summed E-state index contributed by atoms with van der Waals surface area (Å²) in [5, 5.41) is 8.13. The van der Waals surface area contributed by atoms with Crippen LogP contribution in [0.2, 0.25) is 5.02 Å². The molecule has 0 aliphatic heterocycles. The molecule has 1 aromatic carbocycles. The smallest absolute Gasteiger partial charge is 0.124 e.